The summed E-state index contributed by atoms with van der Waals surface area (Å²) in [6, 6.07) is 3.57. The van der Waals surface area contributed by atoms with Crippen molar-refractivity contribution in [2.24, 2.45) is 10.9 Å². The van der Waals surface area contributed by atoms with Crippen LogP contribution in [0.4, 0.5) is 5.82 Å². The van der Waals surface area contributed by atoms with E-state index >= 15 is 0 Å². The van der Waals surface area contributed by atoms with Crippen LogP contribution in [0.25, 0.3) is 16.8 Å². The second-order valence-electron chi connectivity index (χ2n) is 6.13. The first-order valence-electron chi connectivity index (χ1n) is 8.09. The lowest BCUT2D eigenvalue weighted by atomic mass is 9.96. The van der Waals surface area contributed by atoms with Gasteiger partial charge in [-0.3, -0.25) is 0 Å². The molecule has 1 fully saturated rings. The molecule has 0 aliphatic carbocycles. The molecule has 4 heterocycles. The van der Waals surface area contributed by atoms with Crippen LogP contribution in [0.15, 0.2) is 34.2 Å². The van der Waals surface area contributed by atoms with Crippen LogP contribution in [0.1, 0.15) is 30.2 Å². The van der Waals surface area contributed by atoms with Crippen LogP contribution < -0.4 is 16.8 Å². The fraction of sp³-hybridized carbons (Fsp3) is 0.312. The molecule has 9 nitrogen and oxygen atoms in total. The topological polar surface area (TPSA) is 140 Å². The highest BCUT2D eigenvalue weighted by molar-refractivity contribution is 5.96. The summed E-state index contributed by atoms with van der Waals surface area (Å²) in [6.45, 7) is 1.93. The van der Waals surface area contributed by atoms with Gasteiger partial charge in [-0.2, -0.15) is 9.61 Å². The minimum Gasteiger partial charge on any atom is -0.460 e. The monoisotopic (exact) mass is 341 g/mol. The molecule has 1 aliphatic rings. The van der Waals surface area contributed by atoms with E-state index in [1.54, 1.807) is 16.8 Å². The minimum atomic E-state index is -0.0934. The van der Waals surface area contributed by atoms with Crippen molar-refractivity contribution in [2.45, 2.75) is 18.8 Å². The fourth-order valence-electron chi connectivity index (χ4n) is 3.18. The zero-order chi connectivity index (χ0) is 17.4. The van der Waals surface area contributed by atoms with Crippen molar-refractivity contribution >= 4 is 17.3 Å². The van der Waals surface area contributed by atoms with Crippen LogP contribution >= 0.6 is 0 Å². The smallest absolute Gasteiger partial charge is 0.205 e. The predicted molar refractivity (Wildman–Crippen MR) is 92.5 cm³/mol. The molecule has 1 unspecified atom stereocenters. The molecule has 0 bridgehead atoms. The van der Waals surface area contributed by atoms with Crippen molar-refractivity contribution in [1.29, 1.82) is 0 Å². The van der Waals surface area contributed by atoms with Crippen molar-refractivity contribution in [3.63, 3.8) is 0 Å². The van der Waals surface area contributed by atoms with Gasteiger partial charge < -0.3 is 26.4 Å². The van der Waals surface area contributed by atoms with Gasteiger partial charge in [-0.05, 0) is 25.5 Å². The van der Waals surface area contributed by atoms with Gasteiger partial charge in [-0.25, -0.2) is 4.98 Å². The maximum atomic E-state index is 8.77. The molecule has 4 rings (SSSR count). The summed E-state index contributed by atoms with van der Waals surface area (Å²) < 4.78 is 6.95. The lowest BCUT2D eigenvalue weighted by Gasteiger charge is -2.22. The number of anilines is 1. The van der Waals surface area contributed by atoms with E-state index in [0.29, 0.717) is 17.4 Å². The Morgan fingerprint density at radius 2 is 2.32 bits per heavy atom. The molecule has 0 amide bonds. The third-order valence-electron chi connectivity index (χ3n) is 4.50. The Morgan fingerprint density at radius 3 is 3.08 bits per heavy atom. The van der Waals surface area contributed by atoms with Crippen LogP contribution in [-0.4, -0.2) is 38.7 Å². The molecule has 1 aliphatic heterocycles. The Hall–Kier alpha value is -3.07. The van der Waals surface area contributed by atoms with Crippen molar-refractivity contribution in [3.8, 4) is 11.1 Å². The lowest BCUT2D eigenvalue weighted by Crippen LogP contribution is -2.29. The summed E-state index contributed by atoms with van der Waals surface area (Å²) in [5.41, 5.74) is 14.9. The van der Waals surface area contributed by atoms with Gasteiger partial charge in [0, 0.05) is 29.7 Å². The second kappa shape index (κ2) is 6.10. The number of nitrogen functional groups attached to an aromatic ring is 1. The summed E-state index contributed by atoms with van der Waals surface area (Å²) in [5, 5.41) is 19.4. The summed E-state index contributed by atoms with van der Waals surface area (Å²) in [6.07, 6.45) is 5.41. The van der Waals surface area contributed by atoms with E-state index in [4.69, 9.17) is 26.1 Å². The molecular weight excluding hydrogens is 322 g/mol. The summed E-state index contributed by atoms with van der Waals surface area (Å²) >= 11 is 0. The number of piperidine rings is 1. The van der Waals surface area contributed by atoms with E-state index in [2.05, 4.69) is 15.6 Å². The molecule has 0 saturated carbocycles. The Bertz CT molecular complexity index is 937. The van der Waals surface area contributed by atoms with E-state index < -0.39 is 0 Å². The third kappa shape index (κ3) is 2.68. The molecule has 130 valence electrons. The molecule has 25 heavy (non-hydrogen) atoms. The van der Waals surface area contributed by atoms with Crippen molar-refractivity contribution in [3.05, 3.63) is 36.0 Å². The van der Waals surface area contributed by atoms with E-state index in [1.807, 2.05) is 6.07 Å². The Kier molecular flexibility index (Phi) is 3.77. The number of furan rings is 1. The Labute approximate surface area is 143 Å². The van der Waals surface area contributed by atoms with E-state index in [1.165, 1.54) is 6.26 Å². The fourth-order valence-corrected chi connectivity index (χ4v) is 3.18. The third-order valence-corrected chi connectivity index (χ3v) is 4.50. The summed E-state index contributed by atoms with van der Waals surface area (Å²) in [5.74, 6) is 1.06. The number of nitrogens with one attached hydrogen (secondary N) is 1. The Balaban J connectivity index is 1.79. The molecular formula is C16H19N7O2. The van der Waals surface area contributed by atoms with Gasteiger partial charge in [-0.15, -0.1) is 0 Å². The Morgan fingerprint density at radius 1 is 1.44 bits per heavy atom. The highest BCUT2D eigenvalue weighted by Crippen LogP contribution is 2.29. The number of nitrogens with zero attached hydrogens (tertiary/aromatic N) is 4. The van der Waals surface area contributed by atoms with E-state index in [9.17, 15) is 0 Å². The minimum absolute atomic E-state index is 0.0934. The van der Waals surface area contributed by atoms with Gasteiger partial charge in [0.2, 0.25) is 5.84 Å². The number of hydrogen-bond donors (Lipinski definition) is 4. The quantitative estimate of drug-likeness (QED) is 0.242. The van der Waals surface area contributed by atoms with Crippen molar-refractivity contribution in [1.82, 2.24) is 19.9 Å². The van der Waals surface area contributed by atoms with Gasteiger partial charge in [0.05, 0.1) is 18.2 Å². The van der Waals surface area contributed by atoms with Crippen LogP contribution in [0.3, 0.4) is 0 Å². The number of nitrogens with two attached hydrogens (primary N) is 2. The number of rotatable bonds is 3. The molecule has 3 aromatic rings. The summed E-state index contributed by atoms with van der Waals surface area (Å²) in [4.78, 5) is 4.80. The van der Waals surface area contributed by atoms with Crippen LogP contribution in [0.2, 0.25) is 0 Å². The standard InChI is InChI=1S/C16H19N7O2/c17-14-5-12(9-2-1-3-19-6-9)21-16-11(7-20-23(14)16)10-4-13(25-8-10)15(18)22-24/h4-5,7-9,19,24H,1-3,6,17H2,(H2,18,22). The average molecular weight is 341 g/mol. The SMILES string of the molecule is N/C(=N/O)c1cc(-c2cnn3c(N)cc(C4CCCNC4)nc23)co1. The van der Waals surface area contributed by atoms with Crippen LogP contribution in [0.5, 0.6) is 0 Å². The molecule has 3 aromatic heterocycles. The van der Waals surface area contributed by atoms with Gasteiger partial charge in [0.25, 0.3) is 0 Å². The van der Waals surface area contributed by atoms with Crippen molar-refractivity contribution in [2.75, 3.05) is 18.8 Å². The second-order valence-corrected chi connectivity index (χ2v) is 6.13. The molecule has 6 N–H and O–H groups in total. The van der Waals surface area contributed by atoms with Gasteiger partial charge >= 0.3 is 0 Å². The van der Waals surface area contributed by atoms with Crippen LogP contribution in [0, 0.1) is 0 Å². The molecule has 0 radical (unpaired) electrons. The predicted octanol–water partition coefficient (Wildman–Crippen LogP) is 1.13. The molecule has 0 spiro atoms. The number of amidine groups is 1. The maximum Gasteiger partial charge on any atom is 0.205 e. The number of fused-ring (bicyclic) bond motifs is 1. The first-order valence-corrected chi connectivity index (χ1v) is 8.09. The van der Waals surface area contributed by atoms with E-state index in [0.717, 1.165) is 42.8 Å². The number of aromatic nitrogens is 3. The summed E-state index contributed by atoms with van der Waals surface area (Å²) in [7, 11) is 0. The highest BCUT2D eigenvalue weighted by atomic mass is 16.4. The van der Waals surface area contributed by atoms with Crippen LogP contribution in [-0.2, 0) is 0 Å². The van der Waals surface area contributed by atoms with Gasteiger partial charge in [0.15, 0.2) is 11.4 Å². The zero-order valence-electron chi connectivity index (χ0n) is 13.5. The molecule has 1 saturated heterocycles. The van der Waals surface area contributed by atoms with Crippen molar-refractivity contribution < 1.29 is 9.62 Å². The maximum absolute atomic E-state index is 8.77. The highest BCUT2D eigenvalue weighted by Gasteiger charge is 2.20. The zero-order valence-corrected chi connectivity index (χ0v) is 13.5. The van der Waals surface area contributed by atoms with Gasteiger partial charge in [-0.1, -0.05) is 5.16 Å². The molecule has 1 atom stereocenters. The molecule has 0 aromatic carbocycles. The van der Waals surface area contributed by atoms with E-state index in [-0.39, 0.29) is 11.6 Å². The lowest BCUT2D eigenvalue weighted by molar-refractivity contribution is 0.317. The largest absolute Gasteiger partial charge is 0.460 e. The first kappa shape index (κ1) is 15.5. The number of oxime groups is 1. The average Bonchev–Trinajstić information content (AvgIpc) is 3.28. The first-order chi connectivity index (χ1) is 12.2. The normalized spacial score (nSPS) is 18.7. The molecule has 9 heteroatoms. The van der Waals surface area contributed by atoms with Gasteiger partial charge in [0.1, 0.15) is 5.82 Å². The number of hydrogen-bond acceptors (Lipinski definition) is 7.